The molecule has 18 heavy (non-hydrogen) atoms. The lowest BCUT2D eigenvalue weighted by molar-refractivity contribution is -0.384. The molecule has 1 saturated heterocycles. The van der Waals surface area contributed by atoms with Gasteiger partial charge in [0.2, 0.25) is 0 Å². The molecule has 1 aliphatic rings. The highest BCUT2D eigenvalue weighted by Crippen LogP contribution is 2.36. The predicted molar refractivity (Wildman–Crippen MR) is 68.2 cm³/mol. The van der Waals surface area contributed by atoms with E-state index in [-0.39, 0.29) is 22.8 Å². The van der Waals surface area contributed by atoms with Crippen LogP contribution in [0.4, 0.5) is 15.8 Å². The van der Waals surface area contributed by atoms with E-state index in [4.69, 9.17) is 0 Å². The maximum absolute atomic E-state index is 13.4. The van der Waals surface area contributed by atoms with E-state index in [1.54, 1.807) is 4.90 Å². The molecule has 1 unspecified atom stereocenters. The molecule has 0 bridgehead atoms. The lowest BCUT2D eigenvalue weighted by atomic mass is 10.2. The molecule has 7 heteroatoms. The fraction of sp³-hybridized carbons (Fsp3) is 0.455. The third kappa shape index (κ3) is 2.32. The van der Waals surface area contributed by atoms with Crippen molar-refractivity contribution in [1.82, 2.24) is 0 Å². The van der Waals surface area contributed by atoms with Gasteiger partial charge in [-0.15, -0.1) is 0 Å². The molecule has 0 radical (unpaired) electrons. The number of nitrogens with zero attached hydrogens (tertiary/aromatic N) is 2. The first-order chi connectivity index (χ1) is 8.54. The van der Waals surface area contributed by atoms with E-state index < -0.39 is 10.7 Å². The van der Waals surface area contributed by atoms with Crippen LogP contribution in [0.5, 0.6) is 0 Å². The molecule has 1 fully saturated rings. The molecule has 98 valence electrons. The van der Waals surface area contributed by atoms with E-state index in [0.717, 1.165) is 18.9 Å². The van der Waals surface area contributed by atoms with Gasteiger partial charge in [0.05, 0.1) is 28.1 Å². The van der Waals surface area contributed by atoms with Gasteiger partial charge < -0.3 is 10.0 Å². The van der Waals surface area contributed by atoms with E-state index in [2.05, 4.69) is 15.9 Å². The van der Waals surface area contributed by atoms with Gasteiger partial charge in [0.1, 0.15) is 11.5 Å². The molecule has 1 atom stereocenters. The molecule has 2 rings (SSSR count). The number of hydrogen-bond donors (Lipinski definition) is 1. The number of anilines is 1. The van der Waals surface area contributed by atoms with E-state index >= 15 is 0 Å². The summed E-state index contributed by atoms with van der Waals surface area (Å²) in [7, 11) is 0. The first kappa shape index (κ1) is 13.2. The van der Waals surface area contributed by atoms with Crippen LogP contribution in [-0.2, 0) is 0 Å². The zero-order valence-corrected chi connectivity index (χ0v) is 11.1. The molecule has 0 aromatic heterocycles. The topological polar surface area (TPSA) is 66.6 Å². The van der Waals surface area contributed by atoms with Crippen molar-refractivity contribution in [2.24, 2.45) is 0 Å². The summed E-state index contributed by atoms with van der Waals surface area (Å²) >= 11 is 3.03. The molecule has 0 aliphatic carbocycles. The van der Waals surface area contributed by atoms with Crippen LogP contribution < -0.4 is 4.90 Å². The van der Waals surface area contributed by atoms with Gasteiger partial charge in [-0.25, -0.2) is 4.39 Å². The van der Waals surface area contributed by atoms with Crippen LogP contribution in [0.2, 0.25) is 0 Å². The Labute approximate surface area is 111 Å². The molecule has 0 spiro atoms. The summed E-state index contributed by atoms with van der Waals surface area (Å²) in [6.07, 6.45) is 1.64. The third-order valence-electron chi connectivity index (χ3n) is 3.11. The van der Waals surface area contributed by atoms with Crippen LogP contribution >= 0.6 is 15.9 Å². The Kier molecular flexibility index (Phi) is 3.82. The standard InChI is InChI=1S/C11H12BrFN2O3/c12-8-4-10(11(15(17)18)5-9(8)13)14-3-1-2-7(14)6-16/h4-5,7,16H,1-3,6H2. The van der Waals surface area contributed by atoms with Gasteiger partial charge in [0.25, 0.3) is 5.69 Å². The first-order valence-corrected chi connectivity index (χ1v) is 6.35. The average molecular weight is 319 g/mol. The van der Waals surface area contributed by atoms with Crippen LogP contribution in [-0.4, -0.2) is 29.2 Å². The van der Waals surface area contributed by atoms with Gasteiger partial charge in [-0.2, -0.15) is 0 Å². The van der Waals surface area contributed by atoms with Crippen molar-refractivity contribution >= 4 is 27.3 Å². The second-order valence-corrected chi connectivity index (χ2v) is 5.04. The minimum Gasteiger partial charge on any atom is -0.394 e. The van der Waals surface area contributed by atoms with Gasteiger partial charge in [0, 0.05) is 6.54 Å². The number of aliphatic hydroxyl groups is 1. The van der Waals surface area contributed by atoms with E-state index in [1.165, 1.54) is 6.07 Å². The largest absolute Gasteiger partial charge is 0.394 e. The lowest BCUT2D eigenvalue weighted by Crippen LogP contribution is -2.32. The van der Waals surface area contributed by atoms with Crippen molar-refractivity contribution in [3.63, 3.8) is 0 Å². The summed E-state index contributed by atoms with van der Waals surface area (Å²) in [5.74, 6) is -0.662. The van der Waals surface area contributed by atoms with Gasteiger partial charge in [0.15, 0.2) is 0 Å². The zero-order chi connectivity index (χ0) is 13.3. The highest BCUT2D eigenvalue weighted by molar-refractivity contribution is 9.10. The molecule has 0 saturated carbocycles. The fourth-order valence-electron chi connectivity index (χ4n) is 2.24. The Morgan fingerprint density at radius 1 is 1.61 bits per heavy atom. The van der Waals surface area contributed by atoms with Gasteiger partial charge in [-0.3, -0.25) is 10.1 Å². The van der Waals surface area contributed by atoms with Crippen LogP contribution in [0.1, 0.15) is 12.8 Å². The lowest BCUT2D eigenvalue weighted by Gasteiger charge is -2.25. The summed E-state index contributed by atoms with van der Waals surface area (Å²) in [5.41, 5.74) is 0.0841. The summed E-state index contributed by atoms with van der Waals surface area (Å²) in [6, 6.07) is 2.18. The van der Waals surface area contributed by atoms with E-state index in [0.29, 0.717) is 12.2 Å². The Bertz CT molecular complexity index is 484. The zero-order valence-electron chi connectivity index (χ0n) is 9.47. The highest BCUT2D eigenvalue weighted by Gasteiger charge is 2.30. The van der Waals surface area contributed by atoms with Crippen LogP contribution in [0.3, 0.4) is 0 Å². The minimum absolute atomic E-state index is 0.0633. The summed E-state index contributed by atoms with van der Waals surface area (Å²) in [6.45, 7) is 0.566. The summed E-state index contributed by atoms with van der Waals surface area (Å²) in [5, 5.41) is 20.2. The van der Waals surface area contributed by atoms with Crippen molar-refractivity contribution in [3.05, 3.63) is 32.5 Å². The van der Waals surface area contributed by atoms with Gasteiger partial charge >= 0.3 is 0 Å². The predicted octanol–water partition coefficient (Wildman–Crippen LogP) is 2.46. The number of rotatable bonds is 3. The van der Waals surface area contributed by atoms with Crippen LogP contribution in [0, 0.1) is 15.9 Å². The van der Waals surface area contributed by atoms with Crippen molar-refractivity contribution in [3.8, 4) is 0 Å². The maximum Gasteiger partial charge on any atom is 0.295 e. The molecule has 1 N–H and O–H groups in total. The van der Waals surface area contributed by atoms with Crippen LogP contribution in [0.25, 0.3) is 0 Å². The molecule has 1 heterocycles. The number of benzene rings is 1. The Morgan fingerprint density at radius 2 is 2.33 bits per heavy atom. The van der Waals surface area contributed by atoms with Crippen molar-refractivity contribution in [2.75, 3.05) is 18.1 Å². The number of nitro benzene ring substituents is 1. The molecular formula is C11H12BrFN2O3. The SMILES string of the molecule is O=[N+]([O-])c1cc(F)c(Br)cc1N1CCCC1CO. The normalized spacial score (nSPS) is 19.3. The average Bonchev–Trinajstić information content (AvgIpc) is 2.79. The van der Waals surface area contributed by atoms with E-state index in [1.807, 2.05) is 0 Å². The van der Waals surface area contributed by atoms with Crippen LogP contribution in [0.15, 0.2) is 16.6 Å². The van der Waals surface area contributed by atoms with E-state index in [9.17, 15) is 19.6 Å². The molecular weight excluding hydrogens is 307 g/mol. The summed E-state index contributed by atoms with van der Waals surface area (Å²) < 4.78 is 13.6. The molecule has 5 nitrogen and oxygen atoms in total. The second-order valence-electron chi connectivity index (χ2n) is 4.18. The molecule has 1 aromatic carbocycles. The monoisotopic (exact) mass is 318 g/mol. The molecule has 1 aromatic rings. The number of aliphatic hydroxyl groups excluding tert-OH is 1. The Balaban J connectivity index is 2.48. The molecule has 1 aliphatic heterocycles. The number of nitro groups is 1. The second kappa shape index (κ2) is 5.19. The van der Waals surface area contributed by atoms with Crippen molar-refractivity contribution in [2.45, 2.75) is 18.9 Å². The number of hydrogen-bond acceptors (Lipinski definition) is 4. The number of halogens is 2. The highest BCUT2D eigenvalue weighted by atomic mass is 79.9. The summed E-state index contributed by atoms with van der Waals surface area (Å²) in [4.78, 5) is 12.1. The van der Waals surface area contributed by atoms with Crippen molar-refractivity contribution < 1.29 is 14.4 Å². The first-order valence-electron chi connectivity index (χ1n) is 5.55. The van der Waals surface area contributed by atoms with Gasteiger partial charge in [-0.05, 0) is 34.8 Å². The Hall–Kier alpha value is -1.21. The quantitative estimate of drug-likeness (QED) is 0.686. The van der Waals surface area contributed by atoms with Crippen molar-refractivity contribution in [1.29, 1.82) is 0 Å². The minimum atomic E-state index is -0.662. The van der Waals surface area contributed by atoms with Gasteiger partial charge in [-0.1, -0.05) is 0 Å². The maximum atomic E-state index is 13.4. The molecule has 0 amide bonds. The third-order valence-corrected chi connectivity index (χ3v) is 3.72. The fourth-order valence-corrected chi connectivity index (χ4v) is 2.58. The Morgan fingerprint density at radius 3 is 2.94 bits per heavy atom. The smallest absolute Gasteiger partial charge is 0.295 e.